The number of nitrogens with two attached hydrogens (primary N) is 1. The van der Waals surface area contributed by atoms with Gasteiger partial charge in [-0.15, -0.1) is 0 Å². The summed E-state index contributed by atoms with van der Waals surface area (Å²) in [5.74, 6) is 1.49. The normalized spacial score (nSPS) is 23.6. The second-order valence-corrected chi connectivity index (χ2v) is 5.09. The first-order valence-electron chi connectivity index (χ1n) is 6.61. The van der Waals surface area contributed by atoms with Gasteiger partial charge in [-0.25, -0.2) is 4.98 Å². The zero-order valence-electron chi connectivity index (χ0n) is 10.6. The Kier molecular flexibility index (Phi) is 3.20. The minimum atomic E-state index is -0.120. The maximum absolute atomic E-state index is 9.49. The van der Waals surface area contributed by atoms with E-state index in [9.17, 15) is 5.11 Å². The lowest BCUT2D eigenvalue weighted by molar-refractivity contribution is 0.111. The van der Waals surface area contributed by atoms with Crippen LogP contribution in [0.2, 0.25) is 0 Å². The molecule has 1 fully saturated rings. The Balaban J connectivity index is 1.69. The molecule has 0 radical (unpaired) electrons. The van der Waals surface area contributed by atoms with Crippen LogP contribution in [0.25, 0.3) is 11.2 Å². The van der Waals surface area contributed by atoms with Gasteiger partial charge in [-0.3, -0.25) is 0 Å². The van der Waals surface area contributed by atoms with E-state index < -0.39 is 0 Å². The predicted molar refractivity (Wildman–Crippen MR) is 72.6 cm³/mol. The summed E-state index contributed by atoms with van der Waals surface area (Å²) >= 11 is 0. The summed E-state index contributed by atoms with van der Waals surface area (Å²) in [7, 11) is 0. The van der Waals surface area contributed by atoms with Gasteiger partial charge in [0.25, 0.3) is 0 Å². The molecule has 3 rings (SSSR count). The standard InChI is InChI=1S/C12H18N6O/c13-12-17-10(9-11(18-12)16-6-15-9)14-5-7-1-3-8(19)4-2-7/h6-8,19H,1-5H2,(H4,13,14,15,16,17,18). The Morgan fingerprint density at radius 2 is 2.11 bits per heavy atom. The fraction of sp³-hybridized carbons (Fsp3) is 0.583. The molecule has 0 amide bonds. The maximum Gasteiger partial charge on any atom is 0.224 e. The molecule has 7 heteroatoms. The van der Waals surface area contributed by atoms with Crippen LogP contribution in [0.3, 0.4) is 0 Å². The molecule has 0 atom stereocenters. The van der Waals surface area contributed by atoms with Crippen molar-refractivity contribution in [2.45, 2.75) is 31.8 Å². The quantitative estimate of drug-likeness (QED) is 0.653. The van der Waals surface area contributed by atoms with Crippen molar-refractivity contribution in [3.63, 3.8) is 0 Å². The van der Waals surface area contributed by atoms with Gasteiger partial charge in [0.1, 0.15) is 5.52 Å². The fourth-order valence-corrected chi connectivity index (χ4v) is 2.57. The van der Waals surface area contributed by atoms with Gasteiger partial charge in [-0.1, -0.05) is 0 Å². The Morgan fingerprint density at radius 1 is 1.32 bits per heavy atom. The van der Waals surface area contributed by atoms with Gasteiger partial charge in [0.05, 0.1) is 12.4 Å². The number of imidazole rings is 1. The third kappa shape index (κ3) is 2.60. The van der Waals surface area contributed by atoms with Gasteiger partial charge >= 0.3 is 0 Å². The largest absolute Gasteiger partial charge is 0.393 e. The summed E-state index contributed by atoms with van der Waals surface area (Å²) in [6, 6.07) is 0. The van der Waals surface area contributed by atoms with E-state index in [0.29, 0.717) is 17.4 Å². The van der Waals surface area contributed by atoms with Crippen LogP contribution < -0.4 is 11.1 Å². The number of H-pyrrole nitrogens is 1. The highest BCUT2D eigenvalue weighted by Crippen LogP contribution is 2.25. The van der Waals surface area contributed by atoms with Crippen LogP contribution in [0.4, 0.5) is 11.8 Å². The number of hydrogen-bond donors (Lipinski definition) is 4. The van der Waals surface area contributed by atoms with Gasteiger partial charge in [0.15, 0.2) is 11.5 Å². The predicted octanol–water partition coefficient (Wildman–Crippen LogP) is 0.898. The van der Waals surface area contributed by atoms with Crippen molar-refractivity contribution in [3.05, 3.63) is 6.33 Å². The molecule has 102 valence electrons. The third-order valence-electron chi connectivity index (χ3n) is 3.68. The van der Waals surface area contributed by atoms with Crippen molar-refractivity contribution < 1.29 is 5.11 Å². The zero-order valence-corrected chi connectivity index (χ0v) is 10.6. The van der Waals surface area contributed by atoms with Crippen LogP contribution in [0.1, 0.15) is 25.7 Å². The highest BCUT2D eigenvalue weighted by atomic mass is 16.3. The summed E-state index contributed by atoms with van der Waals surface area (Å²) in [6.07, 6.45) is 5.32. The summed E-state index contributed by atoms with van der Waals surface area (Å²) < 4.78 is 0. The smallest absolute Gasteiger partial charge is 0.224 e. The average Bonchev–Trinajstić information content (AvgIpc) is 2.85. The number of anilines is 2. The van der Waals surface area contributed by atoms with Crippen molar-refractivity contribution in [3.8, 4) is 0 Å². The lowest BCUT2D eigenvalue weighted by atomic mass is 9.87. The number of aliphatic hydroxyl groups excluding tert-OH is 1. The van der Waals surface area contributed by atoms with Crippen molar-refractivity contribution in [1.82, 2.24) is 19.9 Å². The van der Waals surface area contributed by atoms with Gasteiger partial charge in [0.2, 0.25) is 5.95 Å². The van der Waals surface area contributed by atoms with E-state index in [1.165, 1.54) is 0 Å². The molecule has 1 aliphatic rings. The van der Waals surface area contributed by atoms with E-state index in [1.807, 2.05) is 0 Å². The number of nitrogens with zero attached hydrogens (tertiary/aromatic N) is 3. The van der Waals surface area contributed by atoms with Crippen LogP contribution in [-0.2, 0) is 0 Å². The number of hydrogen-bond acceptors (Lipinski definition) is 6. The third-order valence-corrected chi connectivity index (χ3v) is 3.68. The number of aliphatic hydroxyl groups is 1. The molecule has 1 aliphatic carbocycles. The number of aromatic nitrogens is 4. The second-order valence-electron chi connectivity index (χ2n) is 5.09. The van der Waals surface area contributed by atoms with E-state index in [-0.39, 0.29) is 12.1 Å². The first-order valence-corrected chi connectivity index (χ1v) is 6.61. The Bertz CT molecular complexity index is 560. The number of rotatable bonds is 3. The highest BCUT2D eigenvalue weighted by molar-refractivity contribution is 5.83. The van der Waals surface area contributed by atoms with E-state index in [0.717, 1.165) is 37.7 Å². The monoisotopic (exact) mass is 262 g/mol. The molecule has 0 bridgehead atoms. The molecule has 19 heavy (non-hydrogen) atoms. The molecule has 0 unspecified atom stereocenters. The molecule has 7 nitrogen and oxygen atoms in total. The van der Waals surface area contributed by atoms with Gasteiger partial charge in [-0.2, -0.15) is 9.97 Å². The molecule has 2 heterocycles. The first kappa shape index (κ1) is 12.2. The van der Waals surface area contributed by atoms with Crippen LogP contribution in [-0.4, -0.2) is 37.7 Å². The Morgan fingerprint density at radius 3 is 2.89 bits per heavy atom. The summed E-state index contributed by atoms with van der Waals surface area (Å²) in [5.41, 5.74) is 7.02. The van der Waals surface area contributed by atoms with Crippen molar-refractivity contribution in [2.75, 3.05) is 17.6 Å². The Hall–Kier alpha value is -1.89. The molecule has 2 aromatic heterocycles. The minimum Gasteiger partial charge on any atom is -0.393 e. The molecule has 2 aromatic rings. The van der Waals surface area contributed by atoms with Crippen molar-refractivity contribution in [1.29, 1.82) is 0 Å². The molecule has 0 aromatic carbocycles. The molecule has 1 saturated carbocycles. The maximum atomic E-state index is 9.49. The summed E-state index contributed by atoms with van der Waals surface area (Å²) in [4.78, 5) is 15.4. The molecule has 0 saturated heterocycles. The van der Waals surface area contributed by atoms with E-state index in [1.54, 1.807) is 6.33 Å². The fourth-order valence-electron chi connectivity index (χ4n) is 2.57. The Labute approximate surface area is 110 Å². The van der Waals surface area contributed by atoms with E-state index >= 15 is 0 Å². The van der Waals surface area contributed by atoms with Gasteiger partial charge < -0.3 is 21.1 Å². The van der Waals surface area contributed by atoms with E-state index in [2.05, 4.69) is 25.3 Å². The van der Waals surface area contributed by atoms with Crippen LogP contribution >= 0.6 is 0 Å². The van der Waals surface area contributed by atoms with Crippen LogP contribution in [0.15, 0.2) is 6.33 Å². The summed E-state index contributed by atoms with van der Waals surface area (Å²) in [6.45, 7) is 0.831. The SMILES string of the molecule is Nc1nc(NCC2CCC(O)CC2)c2[nH]cnc2n1. The minimum absolute atomic E-state index is 0.120. The number of nitrogen functional groups attached to an aromatic ring is 1. The van der Waals surface area contributed by atoms with Crippen LogP contribution in [0, 0.1) is 5.92 Å². The van der Waals surface area contributed by atoms with Gasteiger partial charge in [-0.05, 0) is 31.6 Å². The van der Waals surface area contributed by atoms with Crippen molar-refractivity contribution >= 4 is 22.9 Å². The summed E-state index contributed by atoms with van der Waals surface area (Å²) in [5, 5.41) is 12.8. The lowest BCUT2D eigenvalue weighted by Gasteiger charge is -2.25. The lowest BCUT2D eigenvalue weighted by Crippen LogP contribution is -2.24. The molecule has 0 spiro atoms. The first-order chi connectivity index (χ1) is 9.22. The zero-order chi connectivity index (χ0) is 13.2. The van der Waals surface area contributed by atoms with Gasteiger partial charge in [0, 0.05) is 6.54 Å². The topological polar surface area (TPSA) is 113 Å². The van der Waals surface area contributed by atoms with Crippen molar-refractivity contribution in [2.24, 2.45) is 5.92 Å². The number of fused-ring (bicyclic) bond motifs is 1. The van der Waals surface area contributed by atoms with E-state index in [4.69, 9.17) is 5.73 Å². The number of nitrogens with one attached hydrogen (secondary N) is 2. The molecule has 5 N–H and O–H groups in total. The molecule has 0 aliphatic heterocycles. The second kappa shape index (κ2) is 5.00. The highest BCUT2D eigenvalue weighted by Gasteiger charge is 2.19. The average molecular weight is 262 g/mol. The van der Waals surface area contributed by atoms with Crippen LogP contribution in [0.5, 0.6) is 0 Å². The molecular formula is C12H18N6O. The number of aromatic amines is 1. The molecular weight excluding hydrogens is 244 g/mol.